The molecule has 1 saturated carbocycles. The van der Waals surface area contributed by atoms with Crippen LogP contribution in [0.3, 0.4) is 0 Å². The van der Waals surface area contributed by atoms with E-state index >= 15 is 0 Å². The number of hydrogen-bond acceptors (Lipinski definition) is 4. The average molecular weight is 358 g/mol. The van der Waals surface area contributed by atoms with Crippen LogP contribution in [0.15, 0.2) is 36.9 Å². The van der Waals surface area contributed by atoms with E-state index in [1.807, 2.05) is 12.1 Å². The zero-order valence-electron chi connectivity index (χ0n) is 15.7. The van der Waals surface area contributed by atoms with Crippen molar-refractivity contribution < 1.29 is 19.1 Å². The normalized spacial score (nSPS) is 19.6. The van der Waals surface area contributed by atoms with Crippen LogP contribution in [-0.2, 0) is 14.3 Å². The highest BCUT2D eigenvalue weighted by Gasteiger charge is 2.19. The Morgan fingerprint density at radius 1 is 1.00 bits per heavy atom. The van der Waals surface area contributed by atoms with E-state index in [1.165, 1.54) is 31.2 Å². The molecule has 1 aliphatic carbocycles. The highest BCUT2D eigenvalue weighted by Crippen LogP contribution is 2.35. The number of rotatable bonds is 9. The van der Waals surface area contributed by atoms with Gasteiger partial charge in [0.05, 0.1) is 18.8 Å². The van der Waals surface area contributed by atoms with Gasteiger partial charge in [-0.2, -0.15) is 0 Å². The van der Waals surface area contributed by atoms with Crippen molar-refractivity contribution in [2.24, 2.45) is 5.92 Å². The third-order valence-electron chi connectivity index (χ3n) is 5.07. The summed E-state index contributed by atoms with van der Waals surface area (Å²) in [6.45, 7) is 6.42. The molecule has 0 spiro atoms. The van der Waals surface area contributed by atoms with Gasteiger partial charge in [0.15, 0.2) is 0 Å². The van der Waals surface area contributed by atoms with Gasteiger partial charge in [0, 0.05) is 6.08 Å². The van der Waals surface area contributed by atoms with Crippen LogP contribution < -0.4 is 0 Å². The van der Waals surface area contributed by atoms with E-state index in [4.69, 9.17) is 9.47 Å². The number of esters is 2. The Morgan fingerprint density at radius 2 is 1.62 bits per heavy atom. The molecule has 2 rings (SSSR count). The number of carbonyl (C=O) groups is 2. The molecule has 4 nitrogen and oxygen atoms in total. The van der Waals surface area contributed by atoms with Crippen LogP contribution in [0.5, 0.6) is 0 Å². The molecule has 0 aliphatic heterocycles. The van der Waals surface area contributed by atoms with E-state index in [9.17, 15) is 9.59 Å². The molecule has 0 radical (unpaired) electrons. The van der Waals surface area contributed by atoms with Crippen molar-refractivity contribution in [2.75, 3.05) is 13.2 Å². The fourth-order valence-corrected chi connectivity index (χ4v) is 3.35. The highest BCUT2D eigenvalue weighted by molar-refractivity contribution is 5.89. The summed E-state index contributed by atoms with van der Waals surface area (Å²) in [6, 6.07) is 7.91. The summed E-state index contributed by atoms with van der Waals surface area (Å²) in [4.78, 5) is 23.0. The minimum Gasteiger partial charge on any atom is -0.463 e. The van der Waals surface area contributed by atoms with E-state index in [-0.39, 0.29) is 5.97 Å². The second kappa shape index (κ2) is 10.8. The molecule has 0 unspecified atom stereocenters. The van der Waals surface area contributed by atoms with Crippen molar-refractivity contribution in [3.63, 3.8) is 0 Å². The van der Waals surface area contributed by atoms with Crippen LogP contribution in [0.4, 0.5) is 0 Å². The first-order valence-corrected chi connectivity index (χ1v) is 9.66. The molecule has 0 heterocycles. The quantitative estimate of drug-likeness (QED) is 0.353. The molecule has 26 heavy (non-hydrogen) atoms. The van der Waals surface area contributed by atoms with Gasteiger partial charge in [0.25, 0.3) is 0 Å². The van der Waals surface area contributed by atoms with Gasteiger partial charge in [-0.25, -0.2) is 9.59 Å². The van der Waals surface area contributed by atoms with Crippen molar-refractivity contribution >= 4 is 11.9 Å². The van der Waals surface area contributed by atoms with Gasteiger partial charge in [0.2, 0.25) is 0 Å². The molecule has 0 bridgehead atoms. The van der Waals surface area contributed by atoms with Crippen LogP contribution in [0, 0.1) is 5.92 Å². The first-order valence-electron chi connectivity index (χ1n) is 9.66. The zero-order chi connectivity index (χ0) is 18.8. The molecule has 0 amide bonds. The smallest absolute Gasteiger partial charge is 0.338 e. The molecule has 1 aromatic carbocycles. The fraction of sp³-hybridized carbons (Fsp3) is 0.545. The molecule has 0 saturated heterocycles. The van der Waals surface area contributed by atoms with E-state index in [0.29, 0.717) is 24.7 Å². The van der Waals surface area contributed by atoms with Gasteiger partial charge in [-0.1, -0.05) is 38.5 Å². The third-order valence-corrected chi connectivity index (χ3v) is 5.07. The maximum absolute atomic E-state index is 12.1. The van der Waals surface area contributed by atoms with E-state index in [2.05, 4.69) is 25.6 Å². The van der Waals surface area contributed by atoms with E-state index < -0.39 is 5.97 Å². The zero-order valence-corrected chi connectivity index (χ0v) is 15.7. The lowest BCUT2D eigenvalue weighted by molar-refractivity contribution is -0.137. The summed E-state index contributed by atoms with van der Waals surface area (Å²) in [5.74, 6) is 0.801. The summed E-state index contributed by atoms with van der Waals surface area (Å²) in [7, 11) is 0. The Balaban J connectivity index is 1.65. The lowest BCUT2D eigenvalue weighted by atomic mass is 9.79. The van der Waals surface area contributed by atoms with Crippen molar-refractivity contribution in [3.8, 4) is 0 Å². The van der Waals surface area contributed by atoms with Crippen molar-refractivity contribution in [1.29, 1.82) is 0 Å². The Hall–Kier alpha value is -2.10. The minimum absolute atomic E-state index is 0.271. The monoisotopic (exact) mass is 358 g/mol. The number of unbranched alkanes of at least 4 members (excludes halogenated alkanes) is 2. The van der Waals surface area contributed by atoms with Crippen LogP contribution in [-0.4, -0.2) is 25.2 Å². The summed E-state index contributed by atoms with van der Waals surface area (Å²) < 4.78 is 10.2. The van der Waals surface area contributed by atoms with Crippen molar-refractivity contribution in [3.05, 3.63) is 48.0 Å². The Kier molecular flexibility index (Phi) is 8.39. The molecule has 0 atom stereocenters. The summed E-state index contributed by atoms with van der Waals surface area (Å²) in [6.07, 6.45) is 8.59. The molecule has 0 aromatic heterocycles. The predicted molar refractivity (Wildman–Crippen MR) is 102 cm³/mol. The lowest BCUT2D eigenvalue weighted by Gasteiger charge is -2.26. The summed E-state index contributed by atoms with van der Waals surface area (Å²) in [5, 5.41) is 0. The first kappa shape index (κ1) is 20.2. The fourth-order valence-electron chi connectivity index (χ4n) is 3.35. The number of ether oxygens (including phenoxy) is 2. The maximum Gasteiger partial charge on any atom is 0.338 e. The van der Waals surface area contributed by atoms with E-state index in [1.54, 1.807) is 0 Å². The second-order valence-electron chi connectivity index (χ2n) is 7.15. The van der Waals surface area contributed by atoms with Crippen LogP contribution in [0.1, 0.15) is 73.7 Å². The Bertz CT molecular complexity index is 583. The minimum atomic E-state index is -0.400. The van der Waals surface area contributed by atoms with Crippen LogP contribution in [0.2, 0.25) is 0 Å². The Labute approximate surface area is 156 Å². The number of benzene rings is 1. The van der Waals surface area contributed by atoms with E-state index in [0.717, 1.165) is 31.3 Å². The molecular weight excluding hydrogens is 328 g/mol. The standard InChI is InChI=1S/C22H30O4/c1-3-21(23)25-15-5-4-6-16-26-22(24)20-13-11-19(12-14-20)18-9-7-17(2)8-10-18/h3,11-14,17-18H,1,4-10,15-16H2,2H3. The molecule has 0 N–H and O–H groups in total. The van der Waals surface area contributed by atoms with Gasteiger partial charge in [-0.3, -0.25) is 0 Å². The molecular formula is C22H30O4. The average Bonchev–Trinajstić information content (AvgIpc) is 2.67. The van der Waals surface area contributed by atoms with Gasteiger partial charge in [-0.15, -0.1) is 0 Å². The second-order valence-corrected chi connectivity index (χ2v) is 7.15. The highest BCUT2D eigenvalue weighted by atomic mass is 16.5. The summed E-state index contributed by atoms with van der Waals surface area (Å²) in [5.41, 5.74) is 1.94. The number of carbonyl (C=O) groups excluding carboxylic acids is 2. The SMILES string of the molecule is C=CC(=O)OCCCCCOC(=O)c1ccc(C2CCC(C)CC2)cc1. The molecule has 1 fully saturated rings. The van der Waals surface area contributed by atoms with Crippen LogP contribution in [0.25, 0.3) is 0 Å². The van der Waals surface area contributed by atoms with Gasteiger partial charge in [0.1, 0.15) is 0 Å². The third kappa shape index (κ3) is 6.66. The Morgan fingerprint density at radius 3 is 2.23 bits per heavy atom. The van der Waals surface area contributed by atoms with Crippen molar-refractivity contribution in [1.82, 2.24) is 0 Å². The van der Waals surface area contributed by atoms with Crippen LogP contribution >= 0.6 is 0 Å². The van der Waals surface area contributed by atoms with Gasteiger partial charge in [-0.05, 0) is 61.6 Å². The lowest BCUT2D eigenvalue weighted by Crippen LogP contribution is -2.11. The number of hydrogen-bond donors (Lipinski definition) is 0. The molecule has 1 aliphatic rings. The predicted octanol–water partition coefficient (Wildman–Crippen LogP) is 5.04. The maximum atomic E-state index is 12.1. The van der Waals surface area contributed by atoms with Crippen molar-refractivity contribution in [2.45, 2.75) is 57.8 Å². The summed E-state index contributed by atoms with van der Waals surface area (Å²) >= 11 is 0. The van der Waals surface area contributed by atoms with Gasteiger partial charge >= 0.3 is 11.9 Å². The van der Waals surface area contributed by atoms with Gasteiger partial charge < -0.3 is 9.47 Å². The molecule has 142 valence electrons. The largest absolute Gasteiger partial charge is 0.463 e. The topological polar surface area (TPSA) is 52.6 Å². The molecule has 4 heteroatoms. The first-order chi connectivity index (χ1) is 12.6. The molecule has 1 aromatic rings.